The molecule has 0 radical (unpaired) electrons. The Labute approximate surface area is 316 Å². The molecule has 0 aromatic rings. The molecule has 0 bridgehead atoms. The monoisotopic (exact) mass is 720 g/mol. The van der Waals surface area contributed by atoms with Crippen molar-refractivity contribution in [3.63, 3.8) is 0 Å². The molecule has 1 N–H and O–H groups in total. The Bertz CT molecular complexity index is 1460. The van der Waals surface area contributed by atoms with Gasteiger partial charge in [-0.25, -0.2) is 0 Å². The van der Waals surface area contributed by atoms with E-state index in [9.17, 15) is 14.4 Å². The van der Waals surface area contributed by atoms with Crippen LogP contribution in [0.1, 0.15) is 140 Å². The summed E-state index contributed by atoms with van der Waals surface area (Å²) in [5.74, 6) is 2.73. The highest BCUT2D eigenvalue weighted by molar-refractivity contribution is 5.86. The number of carbonyl (C=O) groups is 3. The van der Waals surface area contributed by atoms with Gasteiger partial charge in [-0.1, -0.05) is 67.5 Å². The molecule has 2 unspecified atom stereocenters. The van der Waals surface area contributed by atoms with Crippen LogP contribution in [-0.4, -0.2) is 72.5 Å². The molecular formula is C45H73N3O4. The third-order valence-electron chi connectivity index (χ3n) is 18.8. The number of hydrogen-bond acceptors (Lipinski definition) is 5. The molecule has 292 valence electrons. The summed E-state index contributed by atoms with van der Waals surface area (Å²) in [4.78, 5) is 45.3. The third-order valence-corrected chi connectivity index (χ3v) is 18.8. The summed E-state index contributed by atoms with van der Waals surface area (Å²) >= 11 is 0. The van der Waals surface area contributed by atoms with Gasteiger partial charge in [0.05, 0.1) is 5.41 Å². The summed E-state index contributed by atoms with van der Waals surface area (Å²) in [6.07, 6.45) is 11.7. The molecule has 0 aromatic carbocycles. The maximum atomic E-state index is 15.0. The van der Waals surface area contributed by atoms with Crippen molar-refractivity contribution in [2.24, 2.45) is 68.0 Å². The highest BCUT2D eigenvalue weighted by atomic mass is 16.5. The molecule has 1 aliphatic heterocycles. The predicted molar refractivity (Wildman–Crippen MR) is 207 cm³/mol. The molecule has 7 aliphatic rings. The van der Waals surface area contributed by atoms with E-state index in [1.807, 2.05) is 0 Å². The third kappa shape index (κ3) is 5.36. The van der Waals surface area contributed by atoms with Crippen molar-refractivity contribution >= 4 is 17.8 Å². The minimum atomic E-state index is -0.357. The van der Waals surface area contributed by atoms with E-state index in [4.69, 9.17) is 4.74 Å². The van der Waals surface area contributed by atoms with Crippen molar-refractivity contribution in [2.75, 3.05) is 32.7 Å². The van der Waals surface area contributed by atoms with Gasteiger partial charge in [-0.15, -0.1) is 0 Å². The number of nitrogens with one attached hydrogen (secondary N) is 1. The molecule has 7 fully saturated rings. The minimum absolute atomic E-state index is 0.00598. The van der Waals surface area contributed by atoms with Gasteiger partial charge in [0.15, 0.2) is 0 Å². The van der Waals surface area contributed by atoms with Crippen molar-refractivity contribution in [1.29, 1.82) is 0 Å². The Kier molecular flexibility index (Phi) is 9.47. The van der Waals surface area contributed by atoms with Crippen LogP contribution in [0.5, 0.6) is 0 Å². The highest BCUT2D eigenvalue weighted by Gasteiger charge is 2.72. The zero-order valence-corrected chi connectivity index (χ0v) is 34.7. The number of hydrogen-bond donors (Lipinski definition) is 1. The normalized spacial score (nSPS) is 46.4. The second-order valence-corrected chi connectivity index (χ2v) is 21.2. The zero-order valence-electron chi connectivity index (χ0n) is 34.7. The molecule has 6 aliphatic carbocycles. The number of amides is 2. The standard InChI is InChI=1S/C45H73N3O4/c1-12-47-23-25-48(26-24-47)38(50)32-27-35(40(32,5)6)46-39(51)45-20-15-30(28(2)3)37(45)31-13-14-34-42(9)18-17-36(52-29(4)49)41(7,8)33(42)16-19-44(34,11)43(31,10)21-22-45/h30-37H,2,12-27H2,1,3-11H3,(H,46,51)/t30-,31+,32-,33-,34+,35-,36-,37+,42-,43+,44?,45?/m0/s1. The second kappa shape index (κ2) is 12.8. The largest absolute Gasteiger partial charge is 0.462 e. The van der Waals surface area contributed by atoms with Gasteiger partial charge in [0.1, 0.15) is 6.10 Å². The molecule has 6 saturated carbocycles. The average molecular weight is 720 g/mol. The van der Waals surface area contributed by atoms with Crippen LogP contribution >= 0.6 is 0 Å². The van der Waals surface area contributed by atoms with E-state index < -0.39 is 0 Å². The van der Waals surface area contributed by atoms with Crippen LogP contribution in [0.3, 0.4) is 0 Å². The predicted octanol–water partition coefficient (Wildman–Crippen LogP) is 8.27. The molecule has 2 amide bonds. The maximum Gasteiger partial charge on any atom is 0.302 e. The lowest BCUT2D eigenvalue weighted by Crippen LogP contribution is -2.68. The number of nitrogens with zero attached hydrogens (tertiary/aromatic N) is 2. The number of rotatable bonds is 6. The van der Waals surface area contributed by atoms with Crippen molar-refractivity contribution in [3.8, 4) is 0 Å². The lowest BCUT2D eigenvalue weighted by molar-refractivity contribution is -0.249. The average Bonchev–Trinajstić information content (AvgIpc) is 3.49. The Morgan fingerprint density at radius 3 is 2.08 bits per heavy atom. The quantitative estimate of drug-likeness (QED) is 0.221. The van der Waals surface area contributed by atoms with Crippen LogP contribution in [0.4, 0.5) is 0 Å². The fourth-order valence-electron chi connectivity index (χ4n) is 15.3. The van der Waals surface area contributed by atoms with Crippen LogP contribution in [0.2, 0.25) is 0 Å². The van der Waals surface area contributed by atoms with Gasteiger partial charge in [-0.05, 0) is 135 Å². The van der Waals surface area contributed by atoms with Gasteiger partial charge in [0.25, 0.3) is 0 Å². The molecule has 7 heteroatoms. The minimum Gasteiger partial charge on any atom is -0.462 e. The summed E-state index contributed by atoms with van der Waals surface area (Å²) in [6, 6.07) is 0.0343. The van der Waals surface area contributed by atoms with E-state index in [2.05, 4.69) is 84.0 Å². The molecule has 1 heterocycles. The van der Waals surface area contributed by atoms with Crippen molar-refractivity contribution < 1.29 is 19.1 Å². The molecule has 0 aromatic heterocycles. The SMILES string of the molecule is C=C(C)[C@@H]1CCC2(C(=O)N[C@H]3C[C@@H](C(=O)N4CCN(CC)CC4)C3(C)C)CC[C@]3(C)[C@H](CC[C@H]4C3(C)CC[C@H]3C(C)(C)[C@@H](OC(C)=O)CC[C@@]34C)[C@@H]12. The molecule has 1 saturated heterocycles. The van der Waals surface area contributed by atoms with E-state index in [1.54, 1.807) is 6.92 Å². The number of piperazine rings is 1. The lowest BCUT2D eigenvalue weighted by atomic mass is 9.32. The molecule has 12 atom stereocenters. The van der Waals surface area contributed by atoms with Crippen LogP contribution in [-0.2, 0) is 19.1 Å². The van der Waals surface area contributed by atoms with E-state index in [-0.39, 0.29) is 68.3 Å². The van der Waals surface area contributed by atoms with Crippen molar-refractivity contribution in [3.05, 3.63) is 12.2 Å². The topological polar surface area (TPSA) is 79.0 Å². The highest BCUT2D eigenvalue weighted by Crippen LogP contribution is 2.77. The summed E-state index contributed by atoms with van der Waals surface area (Å²) in [7, 11) is 0. The van der Waals surface area contributed by atoms with Crippen LogP contribution in [0.15, 0.2) is 12.2 Å². The van der Waals surface area contributed by atoms with Gasteiger partial charge in [-0.3, -0.25) is 14.4 Å². The first-order chi connectivity index (χ1) is 24.3. The van der Waals surface area contributed by atoms with Crippen molar-refractivity contribution in [1.82, 2.24) is 15.1 Å². The van der Waals surface area contributed by atoms with Crippen LogP contribution in [0, 0.1) is 68.0 Å². The number of likely N-dealkylation sites (N-methyl/N-ethyl adjacent to an activating group) is 1. The van der Waals surface area contributed by atoms with Crippen LogP contribution in [0.25, 0.3) is 0 Å². The summed E-state index contributed by atoms with van der Waals surface area (Å²) in [5, 5.41) is 3.66. The number of esters is 1. The van der Waals surface area contributed by atoms with E-state index >= 15 is 0 Å². The zero-order chi connectivity index (χ0) is 37.8. The Hall–Kier alpha value is -1.89. The maximum absolute atomic E-state index is 15.0. The smallest absolute Gasteiger partial charge is 0.302 e. The fourth-order valence-corrected chi connectivity index (χ4v) is 15.3. The van der Waals surface area contributed by atoms with Gasteiger partial charge in [0.2, 0.25) is 11.8 Å². The number of allylic oxidation sites excluding steroid dienone is 1. The number of fused-ring (bicyclic) bond motifs is 7. The first-order valence-electron chi connectivity index (χ1n) is 21.4. The summed E-state index contributed by atoms with van der Waals surface area (Å²) in [6.45, 7) is 32.2. The Morgan fingerprint density at radius 2 is 1.46 bits per heavy atom. The van der Waals surface area contributed by atoms with Gasteiger partial charge < -0.3 is 19.9 Å². The summed E-state index contributed by atoms with van der Waals surface area (Å²) < 4.78 is 5.98. The van der Waals surface area contributed by atoms with Gasteiger partial charge in [-0.2, -0.15) is 0 Å². The first kappa shape index (κ1) is 38.4. The molecule has 7 rings (SSSR count). The van der Waals surface area contributed by atoms with Crippen LogP contribution < -0.4 is 5.32 Å². The van der Waals surface area contributed by atoms with Gasteiger partial charge in [0, 0.05) is 50.5 Å². The lowest BCUT2D eigenvalue weighted by Gasteiger charge is -2.73. The molecular weight excluding hydrogens is 647 g/mol. The van der Waals surface area contributed by atoms with E-state index in [0.717, 1.165) is 77.7 Å². The summed E-state index contributed by atoms with van der Waals surface area (Å²) in [5.41, 5.74) is 1.17. The van der Waals surface area contributed by atoms with Gasteiger partial charge >= 0.3 is 5.97 Å². The first-order valence-corrected chi connectivity index (χ1v) is 21.4. The Balaban J connectivity index is 1.11. The fraction of sp³-hybridized carbons (Fsp3) is 0.889. The van der Waals surface area contributed by atoms with Crippen molar-refractivity contribution in [2.45, 2.75) is 152 Å². The second-order valence-electron chi connectivity index (χ2n) is 21.2. The van der Waals surface area contributed by atoms with E-state index in [1.165, 1.54) is 31.3 Å². The van der Waals surface area contributed by atoms with E-state index in [0.29, 0.717) is 29.6 Å². The molecule has 0 spiro atoms. The number of ether oxygens (including phenoxy) is 1. The Morgan fingerprint density at radius 1 is 0.769 bits per heavy atom. The number of carbonyl (C=O) groups excluding carboxylic acids is 3. The molecule has 7 nitrogen and oxygen atoms in total. The molecule has 52 heavy (non-hydrogen) atoms.